The average molecular weight is 411 g/mol. The average Bonchev–Trinajstić information content (AvgIpc) is 2.66. The number of aromatic nitrogens is 3. The fourth-order valence-electron chi connectivity index (χ4n) is 3.00. The monoisotopic (exact) mass is 410 g/mol. The van der Waals surface area contributed by atoms with Crippen LogP contribution in [0.5, 0.6) is 11.8 Å². The molecule has 0 saturated carbocycles. The first-order chi connectivity index (χ1) is 13.3. The van der Waals surface area contributed by atoms with E-state index in [4.69, 9.17) is 21.1 Å². The van der Waals surface area contributed by atoms with Crippen molar-refractivity contribution in [1.29, 1.82) is 0 Å². The molecule has 10 heteroatoms. The number of pyridine rings is 1. The normalized spacial score (nSPS) is 17.0. The van der Waals surface area contributed by atoms with Gasteiger partial charge in [0.05, 0.1) is 23.3 Å². The van der Waals surface area contributed by atoms with Gasteiger partial charge in [-0.1, -0.05) is 23.7 Å². The molecule has 1 atom stereocenters. The first kappa shape index (κ1) is 18.5. The number of para-hydroxylation sites is 1. The number of alkyl halides is 3. The lowest BCUT2D eigenvalue weighted by atomic mass is 10.0. The number of nitrogens with zero attached hydrogens (tertiary/aromatic N) is 3. The Kier molecular flexibility index (Phi) is 4.62. The van der Waals surface area contributed by atoms with Crippen molar-refractivity contribution >= 4 is 28.3 Å². The van der Waals surface area contributed by atoms with Crippen molar-refractivity contribution in [2.24, 2.45) is 0 Å². The van der Waals surface area contributed by atoms with Crippen LogP contribution in [-0.2, 0) is 6.18 Å². The van der Waals surface area contributed by atoms with E-state index in [0.717, 1.165) is 6.07 Å². The fourth-order valence-corrected chi connectivity index (χ4v) is 3.16. The number of hydrogen-bond donors (Lipinski definition) is 1. The van der Waals surface area contributed by atoms with Gasteiger partial charge in [-0.25, -0.2) is 4.98 Å². The highest BCUT2D eigenvalue weighted by molar-refractivity contribution is 6.30. The van der Waals surface area contributed by atoms with E-state index in [1.807, 2.05) is 0 Å². The van der Waals surface area contributed by atoms with Crippen LogP contribution >= 0.6 is 11.6 Å². The molecule has 1 aromatic carbocycles. The number of rotatable bonds is 0. The topological polar surface area (TPSA) is 69.2 Å². The molecule has 3 heterocycles. The Morgan fingerprint density at radius 3 is 2.75 bits per heavy atom. The number of ether oxygens (including phenoxy) is 2. The van der Waals surface area contributed by atoms with Gasteiger partial charge in [-0.2, -0.15) is 23.1 Å². The Morgan fingerprint density at radius 1 is 1.18 bits per heavy atom. The van der Waals surface area contributed by atoms with Crippen molar-refractivity contribution in [3.05, 3.63) is 46.7 Å². The first-order valence-corrected chi connectivity index (χ1v) is 8.76. The maximum atomic E-state index is 13.5. The molecular formula is C18H14ClF3N4O2. The van der Waals surface area contributed by atoms with Crippen LogP contribution < -0.4 is 14.8 Å². The second-order valence-electron chi connectivity index (χ2n) is 6.16. The molecule has 1 aliphatic heterocycles. The number of hydrogen-bond acceptors (Lipinski definition) is 6. The highest BCUT2D eigenvalue weighted by atomic mass is 35.5. The van der Waals surface area contributed by atoms with Gasteiger partial charge in [-0.15, -0.1) is 0 Å². The van der Waals surface area contributed by atoms with Gasteiger partial charge >= 0.3 is 12.2 Å². The van der Waals surface area contributed by atoms with Gasteiger partial charge in [0, 0.05) is 10.9 Å². The molecule has 6 nitrogen and oxygen atoms in total. The number of nitrogens with one attached hydrogen (secondary N) is 1. The molecule has 0 radical (unpaired) electrons. The summed E-state index contributed by atoms with van der Waals surface area (Å²) in [5.74, 6) is 0.146. The third-order valence-electron chi connectivity index (χ3n) is 4.26. The summed E-state index contributed by atoms with van der Waals surface area (Å²) in [5, 5.41) is 3.94. The molecule has 2 aromatic heterocycles. The Morgan fingerprint density at radius 2 is 1.96 bits per heavy atom. The van der Waals surface area contributed by atoms with Crippen LogP contribution in [0.15, 0.2) is 30.5 Å². The molecule has 146 valence electrons. The van der Waals surface area contributed by atoms with Gasteiger partial charge in [0.25, 0.3) is 0 Å². The van der Waals surface area contributed by atoms with Crippen molar-refractivity contribution in [3.63, 3.8) is 0 Å². The second kappa shape index (κ2) is 6.97. The summed E-state index contributed by atoms with van der Waals surface area (Å²) in [7, 11) is 0. The van der Waals surface area contributed by atoms with Gasteiger partial charge in [0.15, 0.2) is 0 Å². The zero-order valence-electron chi connectivity index (χ0n) is 14.5. The van der Waals surface area contributed by atoms with Crippen LogP contribution in [0.25, 0.3) is 10.9 Å². The number of benzene rings is 1. The summed E-state index contributed by atoms with van der Waals surface area (Å²) in [5.41, 5.74) is 0.00603. The standard InChI is InChI=1S/C18H14ClF3N4O2/c1-9-10-3-2-4-12(18(20,21)22)15(10)27-5-6-28-17-25-13-8-23-14(19)7-11(13)16(24-9)26-17/h2-4,7-9H,5-6H2,1H3,(H,24,25,26). The molecule has 0 saturated heterocycles. The maximum absolute atomic E-state index is 13.5. The number of anilines is 1. The zero-order chi connectivity index (χ0) is 19.9. The van der Waals surface area contributed by atoms with Crippen LogP contribution in [0, 0.1) is 0 Å². The molecule has 28 heavy (non-hydrogen) atoms. The van der Waals surface area contributed by atoms with E-state index in [1.54, 1.807) is 19.1 Å². The molecule has 4 rings (SSSR count). The van der Waals surface area contributed by atoms with Crippen LogP contribution in [0.1, 0.15) is 24.1 Å². The number of fused-ring (bicyclic) bond motifs is 5. The van der Waals surface area contributed by atoms with E-state index >= 15 is 0 Å². The summed E-state index contributed by atoms with van der Waals surface area (Å²) in [4.78, 5) is 12.6. The van der Waals surface area contributed by atoms with Crippen molar-refractivity contribution in [2.75, 3.05) is 18.5 Å². The van der Waals surface area contributed by atoms with Gasteiger partial charge < -0.3 is 14.8 Å². The van der Waals surface area contributed by atoms with E-state index in [-0.39, 0.29) is 30.1 Å². The van der Waals surface area contributed by atoms with Crippen molar-refractivity contribution < 1.29 is 22.6 Å². The summed E-state index contributed by atoms with van der Waals surface area (Å²) < 4.78 is 51.3. The molecule has 2 bridgehead atoms. The lowest BCUT2D eigenvalue weighted by molar-refractivity contribution is -0.139. The van der Waals surface area contributed by atoms with E-state index < -0.39 is 17.8 Å². The summed E-state index contributed by atoms with van der Waals surface area (Å²) in [6, 6.07) is 5.03. The molecular weight excluding hydrogens is 397 g/mol. The van der Waals surface area contributed by atoms with Gasteiger partial charge in [-0.05, 0) is 19.1 Å². The predicted molar refractivity (Wildman–Crippen MR) is 96.8 cm³/mol. The Bertz CT molecular complexity index is 1050. The Balaban J connectivity index is 1.86. The molecule has 1 unspecified atom stereocenters. The SMILES string of the molecule is CC1Nc2nc(nc3cnc(Cl)cc23)OCCOc2c1cccc2C(F)(F)F. The fraction of sp³-hybridized carbons (Fsp3) is 0.278. The minimum atomic E-state index is -4.55. The third kappa shape index (κ3) is 3.49. The Hall–Kier alpha value is -2.81. The van der Waals surface area contributed by atoms with Crippen molar-refractivity contribution in [2.45, 2.75) is 19.1 Å². The van der Waals surface area contributed by atoms with Crippen LogP contribution in [-0.4, -0.2) is 28.2 Å². The lowest BCUT2D eigenvalue weighted by Crippen LogP contribution is -2.16. The molecule has 0 amide bonds. The molecule has 3 aromatic rings. The van der Waals surface area contributed by atoms with Gasteiger partial charge in [0.1, 0.15) is 29.9 Å². The second-order valence-corrected chi connectivity index (χ2v) is 6.55. The third-order valence-corrected chi connectivity index (χ3v) is 4.47. The highest BCUT2D eigenvalue weighted by Crippen LogP contribution is 2.41. The maximum Gasteiger partial charge on any atom is 0.419 e. The molecule has 0 aliphatic carbocycles. The minimum Gasteiger partial charge on any atom is -0.489 e. The quantitative estimate of drug-likeness (QED) is 0.544. The summed E-state index contributed by atoms with van der Waals surface area (Å²) in [6.45, 7) is 1.60. The molecule has 1 aliphatic rings. The number of halogens is 4. The van der Waals surface area contributed by atoms with Crippen LogP contribution in [0.3, 0.4) is 0 Å². The lowest BCUT2D eigenvalue weighted by Gasteiger charge is -2.22. The highest BCUT2D eigenvalue weighted by Gasteiger charge is 2.36. The van der Waals surface area contributed by atoms with Crippen molar-refractivity contribution in [3.8, 4) is 11.8 Å². The molecule has 0 spiro atoms. The smallest absolute Gasteiger partial charge is 0.419 e. The first-order valence-electron chi connectivity index (χ1n) is 8.38. The zero-order valence-corrected chi connectivity index (χ0v) is 15.3. The van der Waals surface area contributed by atoms with Gasteiger partial charge in [0.2, 0.25) is 0 Å². The minimum absolute atomic E-state index is 0.0218. The summed E-state index contributed by atoms with van der Waals surface area (Å²) in [6.07, 6.45) is -3.07. The molecule has 0 fully saturated rings. The largest absolute Gasteiger partial charge is 0.489 e. The van der Waals surface area contributed by atoms with E-state index in [0.29, 0.717) is 22.3 Å². The van der Waals surface area contributed by atoms with Crippen LogP contribution in [0.2, 0.25) is 5.15 Å². The Labute approximate surface area is 162 Å². The van der Waals surface area contributed by atoms with Crippen LogP contribution in [0.4, 0.5) is 19.0 Å². The summed E-state index contributed by atoms with van der Waals surface area (Å²) >= 11 is 5.98. The van der Waals surface area contributed by atoms with E-state index in [1.165, 1.54) is 12.3 Å². The predicted octanol–water partition coefficient (Wildman–Crippen LogP) is 4.64. The van der Waals surface area contributed by atoms with E-state index in [9.17, 15) is 13.2 Å². The van der Waals surface area contributed by atoms with Crippen molar-refractivity contribution in [1.82, 2.24) is 15.0 Å². The van der Waals surface area contributed by atoms with E-state index in [2.05, 4.69) is 20.3 Å². The van der Waals surface area contributed by atoms with Gasteiger partial charge in [-0.3, -0.25) is 0 Å². The molecule has 1 N–H and O–H groups in total.